The molecular formula is C18H15F5N2O. The zero-order chi connectivity index (χ0) is 19.1. The average molecular weight is 370 g/mol. The Labute approximate surface area is 146 Å². The van der Waals surface area contributed by atoms with E-state index in [1.165, 1.54) is 18.3 Å². The minimum Gasteiger partial charge on any atom is -0.361 e. The normalized spacial score (nSPS) is 16.8. The third-order valence-electron chi connectivity index (χ3n) is 4.00. The summed E-state index contributed by atoms with van der Waals surface area (Å²) in [6, 6.07) is 5.31. The fourth-order valence-corrected chi connectivity index (χ4v) is 2.72. The number of aromatic amines is 1. The molecule has 8 heteroatoms. The summed E-state index contributed by atoms with van der Waals surface area (Å²) < 4.78 is 64.3. The molecule has 138 valence electrons. The molecule has 1 aromatic heterocycles. The van der Waals surface area contributed by atoms with Gasteiger partial charge in [-0.05, 0) is 54.0 Å². The van der Waals surface area contributed by atoms with Gasteiger partial charge in [0, 0.05) is 18.0 Å². The topological polar surface area (TPSA) is 36.1 Å². The lowest BCUT2D eigenvalue weighted by Gasteiger charge is -2.37. The summed E-state index contributed by atoms with van der Waals surface area (Å²) in [5.74, 6) is -3.36. The number of carbonyl (C=O) groups is 1. The van der Waals surface area contributed by atoms with Crippen LogP contribution in [-0.4, -0.2) is 34.8 Å². The molecule has 0 saturated carbocycles. The van der Waals surface area contributed by atoms with E-state index >= 15 is 0 Å². The lowest BCUT2D eigenvalue weighted by atomic mass is 10.0. The van der Waals surface area contributed by atoms with Crippen LogP contribution >= 0.6 is 0 Å². The molecule has 3 nitrogen and oxygen atoms in total. The average Bonchev–Trinajstić information content (AvgIpc) is 2.97. The van der Waals surface area contributed by atoms with Crippen LogP contribution in [0.3, 0.4) is 0 Å². The van der Waals surface area contributed by atoms with Crippen LogP contribution in [0.4, 0.5) is 22.0 Å². The first-order valence-corrected chi connectivity index (χ1v) is 7.76. The number of halogens is 5. The number of aromatic nitrogens is 1. The zero-order valence-corrected chi connectivity index (χ0v) is 13.7. The minimum atomic E-state index is -4.44. The molecular weight excluding hydrogens is 355 g/mol. The van der Waals surface area contributed by atoms with Crippen molar-refractivity contribution in [2.75, 3.05) is 13.1 Å². The molecule has 1 aromatic carbocycles. The van der Waals surface area contributed by atoms with Crippen LogP contribution in [0.1, 0.15) is 16.7 Å². The number of H-pyrrole nitrogens is 1. The maximum atomic E-state index is 12.9. The monoisotopic (exact) mass is 370 g/mol. The van der Waals surface area contributed by atoms with E-state index in [1.54, 1.807) is 19.1 Å². The van der Waals surface area contributed by atoms with Gasteiger partial charge in [-0.25, -0.2) is 8.78 Å². The van der Waals surface area contributed by atoms with Gasteiger partial charge in [0.2, 0.25) is 5.91 Å². The molecule has 1 amide bonds. The smallest absolute Gasteiger partial charge is 0.361 e. The second-order valence-corrected chi connectivity index (χ2v) is 6.32. The van der Waals surface area contributed by atoms with E-state index in [1.807, 2.05) is 0 Å². The van der Waals surface area contributed by atoms with E-state index in [0.717, 1.165) is 17.0 Å². The molecule has 0 atom stereocenters. The molecule has 0 aliphatic carbocycles. The van der Waals surface area contributed by atoms with Crippen molar-refractivity contribution >= 4 is 12.0 Å². The molecule has 2 aromatic rings. The van der Waals surface area contributed by atoms with E-state index < -0.39 is 36.7 Å². The molecule has 1 fully saturated rings. The van der Waals surface area contributed by atoms with Crippen LogP contribution in [0.25, 0.3) is 17.3 Å². The van der Waals surface area contributed by atoms with Crippen molar-refractivity contribution in [2.24, 2.45) is 0 Å². The Kier molecular flexibility index (Phi) is 4.37. The van der Waals surface area contributed by atoms with Crippen molar-refractivity contribution in [3.63, 3.8) is 0 Å². The molecule has 0 bridgehead atoms. The van der Waals surface area contributed by atoms with Crippen LogP contribution in [0.2, 0.25) is 0 Å². The predicted molar refractivity (Wildman–Crippen MR) is 86.5 cm³/mol. The first-order chi connectivity index (χ1) is 12.0. The first kappa shape index (κ1) is 18.2. The summed E-state index contributed by atoms with van der Waals surface area (Å²) in [5.41, 5.74) is 1.10. The van der Waals surface area contributed by atoms with E-state index in [9.17, 15) is 26.7 Å². The molecule has 0 unspecified atom stereocenters. The van der Waals surface area contributed by atoms with Crippen LogP contribution in [-0.2, 0) is 11.0 Å². The fraction of sp³-hybridized carbons (Fsp3) is 0.278. The Morgan fingerprint density at radius 2 is 1.88 bits per heavy atom. The SMILES string of the molecule is Cc1cc(-c2cc(/C=C\C(=O)N3CC(F)(F)C3)c[nH]2)cc(C(F)(F)F)c1. The second kappa shape index (κ2) is 6.26. The highest BCUT2D eigenvalue weighted by Gasteiger charge is 2.45. The first-order valence-electron chi connectivity index (χ1n) is 7.76. The van der Waals surface area contributed by atoms with Crippen molar-refractivity contribution in [1.29, 1.82) is 0 Å². The summed E-state index contributed by atoms with van der Waals surface area (Å²) in [4.78, 5) is 15.6. The Hall–Kier alpha value is -2.64. The van der Waals surface area contributed by atoms with E-state index in [2.05, 4.69) is 4.98 Å². The molecule has 1 aliphatic rings. The third kappa shape index (κ3) is 3.95. The van der Waals surface area contributed by atoms with Gasteiger partial charge in [-0.1, -0.05) is 0 Å². The number of rotatable bonds is 3. The number of alkyl halides is 5. The van der Waals surface area contributed by atoms with E-state index in [0.29, 0.717) is 22.4 Å². The van der Waals surface area contributed by atoms with Crippen LogP contribution in [0.15, 0.2) is 36.5 Å². The highest BCUT2D eigenvalue weighted by atomic mass is 19.4. The number of carbonyl (C=O) groups excluding carboxylic acids is 1. The molecule has 26 heavy (non-hydrogen) atoms. The van der Waals surface area contributed by atoms with E-state index in [4.69, 9.17) is 0 Å². The van der Waals surface area contributed by atoms with E-state index in [-0.39, 0.29) is 0 Å². The minimum absolute atomic E-state index is 0.366. The molecule has 0 radical (unpaired) electrons. The summed E-state index contributed by atoms with van der Waals surface area (Å²) in [6.07, 6.45) is -0.319. The molecule has 1 aliphatic heterocycles. The molecule has 2 heterocycles. The third-order valence-corrected chi connectivity index (χ3v) is 4.00. The maximum Gasteiger partial charge on any atom is 0.416 e. The second-order valence-electron chi connectivity index (χ2n) is 6.32. The lowest BCUT2D eigenvalue weighted by Crippen LogP contribution is -2.57. The number of nitrogens with zero attached hydrogens (tertiary/aromatic N) is 1. The number of aryl methyl sites for hydroxylation is 1. The molecule has 3 rings (SSSR count). The van der Waals surface area contributed by atoms with Crippen molar-refractivity contribution in [3.05, 3.63) is 53.2 Å². The number of likely N-dealkylation sites (tertiary alicyclic amines) is 1. The van der Waals surface area contributed by atoms with Crippen molar-refractivity contribution in [2.45, 2.75) is 19.0 Å². The zero-order valence-electron chi connectivity index (χ0n) is 13.7. The van der Waals surface area contributed by atoms with Gasteiger partial charge < -0.3 is 9.88 Å². The fourth-order valence-electron chi connectivity index (χ4n) is 2.72. The Morgan fingerprint density at radius 1 is 1.19 bits per heavy atom. The van der Waals surface area contributed by atoms with Gasteiger partial charge in [-0.3, -0.25) is 4.79 Å². The van der Waals surface area contributed by atoms with Gasteiger partial charge in [0.15, 0.2) is 0 Å². The number of benzene rings is 1. The van der Waals surface area contributed by atoms with Gasteiger partial charge in [-0.15, -0.1) is 0 Å². The predicted octanol–water partition coefficient (Wildman–Crippen LogP) is 4.50. The van der Waals surface area contributed by atoms with Crippen LogP contribution < -0.4 is 0 Å². The van der Waals surface area contributed by atoms with Gasteiger partial charge in [0.05, 0.1) is 18.7 Å². The summed E-state index contributed by atoms with van der Waals surface area (Å²) >= 11 is 0. The standard InChI is InChI=1S/C18H15F5N2O/c1-11-4-13(7-14(5-11)18(21,22)23)15-6-12(8-24-15)2-3-16(26)25-9-17(19,20)10-25/h2-8,24H,9-10H2,1H3/b3-2-. The highest BCUT2D eigenvalue weighted by molar-refractivity contribution is 5.92. The maximum absolute atomic E-state index is 12.9. The lowest BCUT2D eigenvalue weighted by molar-refractivity contribution is -0.160. The summed E-state index contributed by atoms with van der Waals surface area (Å²) in [7, 11) is 0. The molecule has 0 spiro atoms. The Morgan fingerprint density at radius 3 is 2.50 bits per heavy atom. The van der Waals surface area contributed by atoms with Crippen LogP contribution in [0.5, 0.6) is 0 Å². The van der Waals surface area contributed by atoms with Gasteiger partial charge >= 0.3 is 6.18 Å². The van der Waals surface area contributed by atoms with Gasteiger partial charge in [-0.2, -0.15) is 13.2 Å². The molecule has 1 saturated heterocycles. The highest BCUT2D eigenvalue weighted by Crippen LogP contribution is 2.33. The van der Waals surface area contributed by atoms with Crippen molar-refractivity contribution < 1.29 is 26.7 Å². The quantitative estimate of drug-likeness (QED) is 0.627. The number of amides is 1. The van der Waals surface area contributed by atoms with Crippen molar-refractivity contribution in [1.82, 2.24) is 9.88 Å². The number of hydrogen-bond donors (Lipinski definition) is 1. The summed E-state index contributed by atoms with van der Waals surface area (Å²) in [6.45, 7) is 0.375. The summed E-state index contributed by atoms with van der Waals surface area (Å²) in [5, 5.41) is 0. The molecule has 1 N–H and O–H groups in total. The Balaban J connectivity index is 1.75. The van der Waals surface area contributed by atoms with Crippen molar-refractivity contribution in [3.8, 4) is 11.3 Å². The van der Waals surface area contributed by atoms with Gasteiger partial charge in [0.1, 0.15) is 0 Å². The number of nitrogens with one attached hydrogen (secondary N) is 1. The van der Waals surface area contributed by atoms with Crippen LogP contribution in [0, 0.1) is 6.92 Å². The number of hydrogen-bond acceptors (Lipinski definition) is 1. The van der Waals surface area contributed by atoms with Gasteiger partial charge in [0.25, 0.3) is 5.92 Å². The largest absolute Gasteiger partial charge is 0.416 e. The Bertz CT molecular complexity index is 859.